The van der Waals surface area contributed by atoms with E-state index in [0.717, 1.165) is 17.1 Å². The predicted octanol–water partition coefficient (Wildman–Crippen LogP) is 4.17. The largest absolute Gasteiger partial charge is 0.255 e. The maximum absolute atomic E-state index is 4.78. The van der Waals surface area contributed by atoms with Gasteiger partial charge in [0.05, 0.1) is 17.1 Å². The van der Waals surface area contributed by atoms with Gasteiger partial charge in [-0.1, -0.05) is 38.1 Å². The van der Waals surface area contributed by atoms with E-state index in [1.54, 1.807) is 0 Å². The summed E-state index contributed by atoms with van der Waals surface area (Å²) in [5, 5.41) is 0. The molecule has 0 fully saturated rings. The molecule has 0 saturated heterocycles. The third-order valence-corrected chi connectivity index (χ3v) is 2.83. The average Bonchev–Trinajstić information content (AvgIpc) is 2.38. The monoisotopic (exact) mass is 238 g/mol. The standard InChI is InChI=1S/C16H18N2/c1-12(2)16(15-10-6-7-11-17-15)18-14-9-5-4-8-13(14)3/h4-12H,1-3H3. The lowest BCUT2D eigenvalue weighted by atomic mass is 10.0. The molecule has 2 nitrogen and oxygen atoms in total. The van der Waals surface area contributed by atoms with Gasteiger partial charge in [-0.25, -0.2) is 0 Å². The minimum absolute atomic E-state index is 0.347. The van der Waals surface area contributed by atoms with E-state index in [1.807, 2.05) is 42.6 Å². The zero-order valence-electron chi connectivity index (χ0n) is 11.1. The molecule has 1 aromatic carbocycles. The van der Waals surface area contributed by atoms with Crippen LogP contribution in [0.25, 0.3) is 0 Å². The normalized spacial score (nSPS) is 11.9. The summed E-state index contributed by atoms with van der Waals surface area (Å²) in [6.07, 6.45) is 1.81. The first-order valence-corrected chi connectivity index (χ1v) is 6.24. The molecule has 0 unspecified atom stereocenters. The second-order valence-electron chi connectivity index (χ2n) is 4.65. The first kappa shape index (κ1) is 12.5. The lowest BCUT2D eigenvalue weighted by molar-refractivity contribution is 0.879. The molecule has 2 rings (SSSR count). The van der Waals surface area contributed by atoms with Gasteiger partial charge < -0.3 is 0 Å². The van der Waals surface area contributed by atoms with Crippen LogP contribution in [-0.2, 0) is 0 Å². The Hall–Kier alpha value is -1.96. The van der Waals surface area contributed by atoms with Gasteiger partial charge in [0, 0.05) is 6.20 Å². The highest BCUT2D eigenvalue weighted by Gasteiger charge is 2.10. The van der Waals surface area contributed by atoms with Gasteiger partial charge in [0.15, 0.2) is 0 Å². The number of hydrogen-bond donors (Lipinski definition) is 0. The number of para-hydroxylation sites is 1. The van der Waals surface area contributed by atoms with Crippen molar-refractivity contribution in [3.05, 3.63) is 59.9 Å². The van der Waals surface area contributed by atoms with Crippen molar-refractivity contribution >= 4 is 11.4 Å². The van der Waals surface area contributed by atoms with Crippen LogP contribution in [0.15, 0.2) is 53.7 Å². The van der Waals surface area contributed by atoms with Crippen LogP contribution in [0.3, 0.4) is 0 Å². The van der Waals surface area contributed by atoms with Crippen molar-refractivity contribution in [1.29, 1.82) is 0 Å². The quantitative estimate of drug-likeness (QED) is 0.737. The molecule has 0 radical (unpaired) electrons. The van der Waals surface area contributed by atoms with Crippen molar-refractivity contribution in [1.82, 2.24) is 4.98 Å². The van der Waals surface area contributed by atoms with E-state index < -0.39 is 0 Å². The van der Waals surface area contributed by atoms with Gasteiger partial charge in [0.1, 0.15) is 0 Å². The van der Waals surface area contributed by atoms with Crippen molar-refractivity contribution in [3.8, 4) is 0 Å². The summed E-state index contributed by atoms with van der Waals surface area (Å²) in [6, 6.07) is 14.1. The number of nitrogens with zero attached hydrogens (tertiary/aromatic N) is 2. The molecule has 0 N–H and O–H groups in total. The predicted molar refractivity (Wildman–Crippen MR) is 76.5 cm³/mol. The summed E-state index contributed by atoms with van der Waals surface area (Å²) in [7, 11) is 0. The second kappa shape index (κ2) is 5.58. The summed E-state index contributed by atoms with van der Waals surface area (Å²) >= 11 is 0. The molecule has 1 heterocycles. The summed E-state index contributed by atoms with van der Waals surface area (Å²) in [4.78, 5) is 9.18. The third kappa shape index (κ3) is 2.83. The Labute approximate surface area is 108 Å². The minimum atomic E-state index is 0.347. The Bertz CT molecular complexity index is 542. The molecule has 92 valence electrons. The van der Waals surface area contributed by atoms with Crippen LogP contribution < -0.4 is 0 Å². The van der Waals surface area contributed by atoms with Crippen LogP contribution in [0, 0.1) is 12.8 Å². The summed E-state index contributed by atoms with van der Waals surface area (Å²) in [5.41, 5.74) is 4.19. The number of hydrogen-bond acceptors (Lipinski definition) is 2. The Balaban J connectivity index is 2.47. The van der Waals surface area contributed by atoms with Crippen molar-refractivity contribution in [2.24, 2.45) is 10.9 Å². The number of benzene rings is 1. The van der Waals surface area contributed by atoms with E-state index in [9.17, 15) is 0 Å². The lowest BCUT2D eigenvalue weighted by Gasteiger charge is -2.10. The van der Waals surface area contributed by atoms with E-state index in [2.05, 4.69) is 31.8 Å². The maximum Gasteiger partial charge on any atom is 0.0847 e. The smallest absolute Gasteiger partial charge is 0.0847 e. The summed E-state index contributed by atoms with van der Waals surface area (Å²) < 4.78 is 0. The average molecular weight is 238 g/mol. The van der Waals surface area contributed by atoms with Crippen LogP contribution in [0.4, 0.5) is 5.69 Å². The SMILES string of the molecule is Cc1ccccc1N=C(c1ccccn1)C(C)C. The molecule has 2 aromatic rings. The van der Waals surface area contributed by atoms with Crippen LogP contribution in [0.5, 0.6) is 0 Å². The van der Waals surface area contributed by atoms with Gasteiger partial charge in [-0.3, -0.25) is 9.98 Å². The molecule has 0 aliphatic heterocycles. The summed E-state index contributed by atoms with van der Waals surface area (Å²) in [6.45, 7) is 6.37. The van der Waals surface area contributed by atoms with E-state index in [0.29, 0.717) is 5.92 Å². The highest BCUT2D eigenvalue weighted by atomic mass is 14.8. The van der Waals surface area contributed by atoms with E-state index >= 15 is 0 Å². The Morgan fingerprint density at radius 2 is 1.78 bits per heavy atom. The summed E-state index contributed by atoms with van der Waals surface area (Å²) in [5.74, 6) is 0.347. The van der Waals surface area contributed by atoms with Gasteiger partial charge in [-0.2, -0.15) is 0 Å². The van der Waals surface area contributed by atoms with Crippen molar-refractivity contribution < 1.29 is 0 Å². The van der Waals surface area contributed by atoms with Crippen LogP contribution in [0.1, 0.15) is 25.1 Å². The van der Waals surface area contributed by atoms with Crippen molar-refractivity contribution in [2.75, 3.05) is 0 Å². The highest BCUT2D eigenvalue weighted by Crippen LogP contribution is 2.20. The minimum Gasteiger partial charge on any atom is -0.255 e. The zero-order chi connectivity index (χ0) is 13.0. The number of aliphatic imine (C=N–C) groups is 1. The molecule has 0 amide bonds. The first-order valence-electron chi connectivity index (χ1n) is 6.24. The molecule has 1 aromatic heterocycles. The van der Waals surface area contributed by atoms with Gasteiger partial charge in [0.25, 0.3) is 0 Å². The molecule has 0 saturated carbocycles. The van der Waals surface area contributed by atoms with E-state index in [1.165, 1.54) is 5.56 Å². The van der Waals surface area contributed by atoms with Crippen molar-refractivity contribution in [2.45, 2.75) is 20.8 Å². The Morgan fingerprint density at radius 1 is 1.06 bits per heavy atom. The van der Waals surface area contributed by atoms with Gasteiger partial charge in [-0.15, -0.1) is 0 Å². The molecular weight excluding hydrogens is 220 g/mol. The molecule has 0 bridgehead atoms. The molecule has 18 heavy (non-hydrogen) atoms. The van der Waals surface area contributed by atoms with Gasteiger partial charge in [0.2, 0.25) is 0 Å². The second-order valence-corrected chi connectivity index (χ2v) is 4.65. The van der Waals surface area contributed by atoms with Gasteiger partial charge >= 0.3 is 0 Å². The molecule has 2 heteroatoms. The molecular formula is C16H18N2. The van der Waals surface area contributed by atoms with Crippen LogP contribution >= 0.6 is 0 Å². The molecule has 0 aliphatic carbocycles. The van der Waals surface area contributed by atoms with E-state index in [4.69, 9.17) is 4.99 Å². The Morgan fingerprint density at radius 3 is 2.39 bits per heavy atom. The molecule has 0 aliphatic rings. The number of pyridine rings is 1. The topological polar surface area (TPSA) is 25.2 Å². The first-order chi connectivity index (χ1) is 8.68. The maximum atomic E-state index is 4.78. The van der Waals surface area contributed by atoms with Crippen LogP contribution in [0.2, 0.25) is 0 Å². The third-order valence-electron chi connectivity index (χ3n) is 2.83. The molecule has 0 spiro atoms. The number of aromatic nitrogens is 1. The Kier molecular flexibility index (Phi) is 3.88. The fraction of sp³-hybridized carbons (Fsp3) is 0.250. The van der Waals surface area contributed by atoms with E-state index in [-0.39, 0.29) is 0 Å². The zero-order valence-corrected chi connectivity index (χ0v) is 11.1. The molecule has 0 atom stereocenters. The van der Waals surface area contributed by atoms with Crippen molar-refractivity contribution in [3.63, 3.8) is 0 Å². The number of aryl methyl sites for hydroxylation is 1. The number of rotatable bonds is 3. The fourth-order valence-electron chi connectivity index (χ4n) is 1.82. The van der Waals surface area contributed by atoms with Gasteiger partial charge in [-0.05, 0) is 36.6 Å². The van der Waals surface area contributed by atoms with Crippen LogP contribution in [-0.4, -0.2) is 10.7 Å². The fourth-order valence-corrected chi connectivity index (χ4v) is 1.82. The highest BCUT2D eigenvalue weighted by molar-refractivity contribution is 6.01. The lowest BCUT2D eigenvalue weighted by Crippen LogP contribution is -2.10.